The molecule has 0 unspecified atom stereocenters. The van der Waals surface area contributed by atoms with E-state index in [0.29, 0.717) is 43.0 Å². The fraction of sp³-hybridized carbons (Fsp3) is 0.227. The van der Waals surface area contributed by atoms with Gasteiger partial charge in [0.15, 0.2) is 0 Å². The second kappa shape index (κ2) is 8.38. The number of nitrogens with one attached hydrogen (secondary N) is 2. The number of rotatable bonds is 6. The van der Waals surface area contributed by atoms with Gasteiger partial charge in [0, 0.05) is 60.1 Å². The highest BCUT2D eigenvalue weighted by Gasteiger charge is 2.31. The van der Waals surface area contributed by atoms with E-state index < -0.39 is 12.0 Å². The number of benzene rings is 2. The second-order valence-corrected chi connectivity index (χ2v) is 7.24. The van der Waals surface area contributed by atoms with E-state index in [2.05, 4.69) is 10.3 Å². The number of amides is 2. The number of H-pyrrole nitrogens is 1. The van der Waals surface area contributed by atoms with Crippen LogP contribution in [0.5, 0.6) is 0 Å². The fourth-order valence-electron chi connectivity index (χ4n) is 3.83. The van der Waals surface area contributed by atoms with Gasteiger partial charge in [-0.15, -0.1) is 0 Å². The molecule has 2 amide bonds. The number of piperazine rings is 1. The predicted molar refractivity (Wildman–Crippen MR) is 112 cm³/mol. The van der Waals surface area contributed by atoms with Gasteiger partial charge in [0.25, 0.3) is 5.91 Å². The van der Waals surface area contributed by atoms with Crippen LogP contribution in [-0.2, 0) is 9.59 Å². The number of nitrogens with zero attached hydrogens (tertiary/aromatic N) is 2. The normalized spacial score (nSPS) is 15.7. The van der Waals surface area contributed by atoms with Crippen molar-refractivity contribution in [1.29, 1.82) is 0 Å². The number of carboxylic acids is 1. The molecule has 8 nitrogen and oxygen atoms in total. The van der Waals surface area contributed by atoms with Crippen molar-refractivity contribution in [1.82, 2.24) is 14.8 Å². The molecule has 1 saturated heterocycles. The summed E-state index contributed by atoms with van der Waals surface area (Å²) in [5, 5.41) is 13.5. The van der Waals surface area contributed by atoms with E-state index in [-0.39, 0.29) is 5.91 Å². The van der Waals surface area contributed by atoms with Crippen molar-refractivity contribution >= 4 is 34.9 Å². The lowest BCUT2D eigenvalue weighted by molar-refractivity contribution is -0.144. The molecule has 3 N–H and O–H groups in total. The number of carboxylic acid groups (broad SMARTS) is 1. The molecule has 1 aromatic heterocycles. The third-order valence-corrected chi connectivity index (χ3v) is 5.40. The molecule has 0 saturated carbocycles. The zero-order valence-corrected chi connectivity index (χ0v) is 16.2. The SMILES string of the molecule is O=CN1CCN([C@H](C(=O)O)c2c[nH]c3cc(NC(=O)c4ccccc4)ccc23)CC1. The summed E-state index contributed by atoms with van der Waals surface area (Å²) >= 11 is 0. The highest BCUT2D eigenvalue weighted by Crippen LogP contribution is 2.31. The van der Waals surface area contributed by atoms with Gasteiger partial charge in [-0.3, -0.25) is 19.3 Å². The van der Waals surface area contributed by atoms with Gasteiger partial charge in [0.05, 0.1) is 0 Å². The van der Waals surface area contributed by atoms with Crippen LogP contribution >= 0.6 is 0 Å². The molecule has 30 heavy (non-hydrogen) atoms. The first-order valence-electron chi connectivity index (χ1n) is 9.70. The van der Waals surface area contributed by atoms with E-state index >= 15 is 0 Å². The van der Waals surface area contributed by atoms with E-state index in [4.69, 9.17) is 0 Å². The Bertz CT molecular complexity index is 1070. The molecule has 1 atom stereocenters. The maximum atomic E-state index is 12.4. The summed E-state index contributed by atoms with van der Waals surface area (Å²) in [4.78, 5) is 42.0. The van der Waals surface area contributed by atoms with Crippen LogP contribution < -0.4 is 5.32 Å². The molecule has 1 aliphatic rings. The van der Waals surface area contributed by atoms with Gasteiger partial charge in [-0.25, -0.2) is 0 Å². The predicted octanol–water partition coefficient (Wildman–Crippen LogP) is 2.32. The van der Waals surface area contributed by atoms with Gasteiger partial charge in [0.1, 0.15) is 6.04 Å². The van der Waals surface area contributed by atoms with Crippen molar-refractivity contribution in [2.75, 3.05) is 31.5 Å². The Kier molecular flexibility index (Phi) is 5.49. The Morgan fingerprint density at radius 2 is 1.80 bits per heavy atom. The van der Waals surface area contributed by atoms with Gasteiger partial charge >= 0.3 is 5.97 Å². The van der Waals surface area contributed by atoms with Crippen LogP contribution in [0.25, 0.3) is 10.9 Å². The minimum absolute atomic E-state index is 0.210. The number of carbonyl (C=O) groups is 3. The summed E-state index contributed by atoms with van der Waals surface area (Å²) in [6.07, 6.45) is 2.50. The summed E-state index contributed by atoms with van der Waals surface area (Å²) in [5.74, 6) is -1.14. The average molecular weight is 406 g/mol. The minimum atomic E-state index is -0.933. The number of aliphatic carboxylic acids is 1. The van der Waals surface area contributed by atoms with Crippen molar-refractivity contribution in [3.8, 4) is 0 Å². The maximum absolute atomic E-state index is 12.4. The Labute approximate surface area is 173 Å². The molecular formula is C22H22N4O4. The van der Waals surface area contributed by atoms with Crippen molar-refractivity contribution in [2.45, 2.75) is 6.04 Å². The molecular weight excluding hydrogens is 384 g/mol. The summed E-state index contributed by atoms with van der Waals surface area (Å²) in [7, 11) is 0. The van der Waals surface area contributed by atoms with Crippen LogP contribution in [0.1, 0.15) is 22.0 Å². The summed E-state index contributed by atoms with van der Waals surface area (Å²) < 4.78 is 0. The Balaban J connectivity index is 1.57. The third-order valence-electron chi connectivity index (χ3n) is 5.40. The van der Waals surface area contributed by atoms with Gasteiger partial charge in [-0.1, -0.05) is 24.3 Å². The molecule has 4 rings (SSSR count). The molecule has 3 aromatic rings. The highest BCUT2D eigenvalue weighted by molar-refractivity contribution is 6.05. The first kappa shape index (κ1) is 19.7. The van der Waals surface area contributed by atoms with Gasteiger partial charge < -0.3 is 20.3 Å². The maximum Gasteiger partial charge on any atom is 0.325 e. The number of aromatic amines is 1. The zero-order valence-electron chi connectivity index (χ0n) is 16.2. The van der Waals surface area contributed by atoms with Crippen LogP contribution in [0.4, 0.5) is 5.69 Å². The molecule has 1 aliphatic heterocycles. The fourth-order valence-corrected chi connectivity index (χ4v) is 3.83. The number of hydrogen-bond acceptors (Lipinski definition) is 4. The minimum Gasteiger partial charge on any atom is -0.480 e. The quantitative estimate of drug-likeness (QED) is 0.545. The number of anilines is 1. The largest absolute Gasteiger partial charge is 0.480 e. The Morgan fingerprint density at radius 1 is 1.07 bits per heavy atom. The Hall–Kier alpha value is -3.65. The first-order chi connectivity index (χ1) is 14.6. The summed E-state index contributed by atoms with van der Waals surface area (Å²) in [6, 6.07) is 13.5. The van der Waals surface area contributed by atoms with Crippen LogP contribution in [-0.4, -0.2) is 64.4 Å². The topological polar surface area (TPSA) is 106 Å². The molecule has 154 valence electrons. The van der Waals surface area contributed by atoms with Crippen molar-refractivity contribution < 1.29 is 19.5 Å². The van der Waals surface area contributed by atoms with E-state index in [1.165, 1.54) is 0 Å². The smallest absolute Gasteiger partial charge is 0.325 e. The van der Waals surface area contributed by atoms with E-state index in [0.717, 1.165) is 17.3 Å². The van der Waals surface area contributed by atoms with Crippen LogP contribution in [0.15, 0.2) is 54.7 Å². The lowest BCUT2D eigenvalue weighted by Gasteiger charge is -2.36. The summed E-state index contributed by atoms with van der Waals surface area (Å²) in [6.45, 7) is 2.00. The standard InChI is InChI=1S/C22H22N4O4/c27-14-25-8-10-26(11-9-25)20(22(29)30)18-13-23-19-12-16(6-7-17(18)19)24-21(28)15-4-2-1-3-5-15/h1-7,12-14,20,23H,8-11H2,(H,24,28)(H,29,30)/t20-/m0/s1. The molecule has 2 aromatic carbocycles. The lowest BCUT2D eigenvalue weighted by Crippen LogP contribution is -2.48. The van der Waals surface area contributed by atoms with Gasteiger partial charge in [0.2, 0.25) is 6.41 Å². The van der Waals surface area contributed by atoms with Crippen LogP contribution in [0.2, 0.25) is 0 Å². The van der Waals surface area contributed by atoms with Crippen molar-refractivity contribution in [3.05, 3.63) is 65.9 Å². The number of aromatic nitrogens is 1. The van der Waals surface area contributed by atoms with Gasteiger partial charge in [-0.2, -0.15) is 0 Å². The lowest BCUT2D eigenvalue weighted by atomic mass is 10.0. The average Bonchev–Trinajstić information content (AvgIpc) is 3.17. The molecule has 2 heterocycles. The van der Waals surface area contributed by atoms with E-state index in [1.54, 1.807) is 47.5 Å². The second-order valence-electron chi connectivity index (χ2n) is 7.24. The number of carbonyl (C=O) groups excluding carboxylic acids is 2. The Morgan fingerprint density at radius 3 is 2.47 bits per heavy atom. The van der Waals surface area contributed by atoms with Crippen LogP contribution in [0, 0.1) is 0 Å². The van der Waals surface area contributed by atoms with Gasteiger partial charge in [-0.05, 0) is 24.3 Å². The molecule has 0 spiro atoms. The molecule has 0 radical (unpaired) electrons. The van der Waals surface area contributed by atoms with E-state index in [9.17, 15) is 19.5 Å². The molecule has 8 heteroatoms. The van der Waals surface area contributed by atoms with Crippen molar-refractivity contribution in [2.24, 2.45) is 0 Å². The molecule has 0 aliphatic carbocycles. The molecule has 1 fully saturated rings. The zero-order chi connectivity index (χ0) is 21.1. The third kappa shape index (κ3) is 3.90. The first-order valence-corrected chi connectivity index (χ1v) is 9.70. The highest BCUT2D eigenvalue weighted by atomic mass is 16.4. The van der Waals surface area contributed by atoms with Crippen molar-refractivity contribution in [3.63, 3.8) is 0 Å². The molecule has 0 bridgehead atoms. The number of hydrogen-bond donors (Lipinski definition) is 3. The van der Waals surface area contributed by atoms with E-state index in [1.807, 2.05) is 17.0 Å². The monoisotopic (exact) mass is 406 g/mol. The number of fused-ring (bicyclic) bond motifs is 1. The summed E-state index contributed by atoms with van der Waals surface area (Å²) in [5.41, 5.74) is 2.59. The van der Waals surface area contributed by atoms with Crippen LogP contribution in [0.3, 0.4) is 0 Å².